The van der Waals surface area contributed by atoms with E-state index in [1.807, 2.05) is 30.3 Å². The second-order valence-corrected chi connectivity index (χ2v) is 4.25. The van der Waals surface area contributed by atoms with Gasteiger partial charge in [0.25, 0.3) is 5.91 Å². The van der Waals surface area contributed by atoms with Gasteiger partial charge in [0.2, 0.25) is 0 Å². The Morgan fingerprint density at radius 1 is 1.29 bits per heavy atom. The zero-order chi connectivity index (χ0) is 15.2. The van der Waals surface area contributed by atoms with Crippen LogP contribution < -0.4 is 0 Å². The first kappa shape index (κ1) is 14.7. The smallest absolute Gasteiger partial charge is 0.325 e. The molecular formula is C14H16N4O3. The average Bonchev–Trinajstić information content (AvgIpc) is 3.02. The van der Waals surface area contributed by atoms with Crippen LogP contribution in [0.4, 0.5) is 0 Å². The summed E-state index contributed by atoms with van der Waals surface area (Å²) in [6, 6.07) is 9.26. The molecule has 0 aliphatic heterocycles. The number of methoxy groups -OCH3 is 1. The van der Waals surface area contributed by atoms with Crippen LogP contribution in [0, 0.1) is 0 Å². The molecule has 0 aliphatic carbocycles. The normalized spacial score (nSPS) is 10.2. The molecule has 0 bridgehead atoms. The lowest BCUT2D eigenvalue weighted by Crippen LogP contribution is -2.36. The molecule has 0 spiro atoms. The monoisotopic (exact) mass is 288 g/mol. The molecule has 7 nitrogen and oxygen atoms in total. The summed E-state index contributed by atoms with van der Waals surface area (Å²) in [6.45, 7) is 2.05. The summed E-state index contributed by atoms with van der Waals surface area (Å²) < 4.78 is 4.57. The van der Waals surface area contributed by atoms with Crippen LogP contribution in [-0.4, -0.2) is 52.0 Å². The van der Waals surface area contributed by atoms with Crippen LogP contribution in [0.25, 0.3) is 5.69 Å². The molecule has 0 atom stereocenters. The van der Waals surface area contributed by atoms with E-state index in [4.69, 9.17) is 0 Å². The van der Waals surface area contributed by atoms with Gasteiger partial charge in [0.15, 0.2) is 5.69 Å². The van der Waals surface area contributed by atoms with E-state index in [9.17, 15) is 9.59 Å². The first-order chi connectivity index (χ1) is 10.2. The zero-order valence-electron chi connectivity index (χ0n) is 11.9. The Labute approximate surface area is 122 Å². The number of nitrogens with zero attached hydrogens (tertiary/aromatic N) is 4. The van der Waals surface area contributed by atoms with Crippen LogP contribution >= 0.6 is 0 Å². The molecule has 0 saturated carbocycles. The molecule has 0 fully saturated rings. The number of hydrogen-bond acceptors (Lipinski definition) is 5. The number of para-hydroxylation sites is 1. The van der Waals surface area contributed by atoms with Crippen molar-refractivity contribution in [2.45, 2.75) is 6.92 Å². The molecule has 0 unspecified atom stereocenters. The molecule has 0 radical (unpaired) electrons. The Morgan fingerprint density at radius 3 is 2.62 bits per heavy atom. The van der Waals surface area contributed by atoms with Gasteiger partial charge in [-0.1, -0.05) is 18.2 Å². The van der Waals surface area contributed by atoms with Gasteiger partial charge >= 0.3 is 5.97 Å². The van der Waals surface area contributed by atoms with Crippen molar-refractivity contribution in [2.75, 3.05) is 20.2 Å². The molecule has 1 aromatic carbocycles. The SMILES string of the molecule is CCN(CC(=O)OC)C(=O)c1cnn(-c2ccccc2)n1. The summed E-state index contributed by atoms with van der Waals surface area (Å²) >= 11 is 0. The Balaban J connectivity index is 2.16. The molecule has 21 heavy (non-hydrogen) atoms. The Kier molecular flexibility index (Phi) is 4.65. The van der Waals surface area contributed by atoms with Crippen LogP contribution in [-0.2, 0) is 9.53 Å². The molecule has 2 aromatic rings. The summed E-state index contributed by atoms with van der Waals surface area (Å²) in [5.41, 5.74) is 0.942. The van der Waals surface area contributed by atoms with Crippen LogP contribution in [0.2, 0.25) is 0 Å². The van der Waals surface area contributed by atoms with Crippen molar-refractivity contribution < 1.29 is 14.3 Å². The highest BCUT2D eigenvalue weighted by atomic mass is 16.5. The van der Waals surface area contributed by atoms with Crippen LogP contribution in [0.15, 0.2) is 36.5 Å². The number of carbonyl (C=O) groups excluding carboxylic acids is 2. The minimum atomic E-state index is -0.472. The van der Waals surface area contributed by atoms with E-state index in [0.717, 1.165) is 5.69 Å². The molecule has 1 heterocycles. The second kappa shape index (κ2) is 6.65. The molecule has 7 heteroatoms. The van der Waals surface area contributed by atoms with E-state index in [1.54, 1.807) is 6.92 Å². The topological polar surface area (TPSA) is 77.3 Å². The largest absolute Gasteiger partial charge is 0.468 e. The summed E-state index contributed by atoms with van der Waals surface area (Å²) in [5.74, 6) is -0.828. The minimum absolute atomic E-state index is 0.107. The Bertz CT molecular complexity index is 624. The van der Waals surface area contributed by atoms with E-state index in [2.05, 4.69) is 14.9 Å². The average molecular weight is 288 g/mol. The first-order valence-electron chi connectivity index (χ1n) is 6.49. The fourth-order valence-electron chi connectivity index (χ4n) is 1.76. The standard InChI is InChI=1S/C14H16N4O3/c1-3-17(10-13(19)21-2)14(20)12-9-15-18(16-12)11-7-5-4-6-8-11/h4-9H,3,10H2,1-2H3. The van der Waals surface area contributed by atoms with Crippen molar-refractivity contribution in [3.05, 3.63) is 42.2 Å². The summed E-state index contributed by atoms with van der Waals surface area (Å²) in [6.07, 6.45) is 1.38. The lowest BCUT2D eigenvalue weighted by molar-refractivity contribution is -0.141. The van der Waals surface area contributed by atoms with Crippen LogP contribution in [0.5, 0.6) is 0 Å². The molecule has 0 saturated heterocycles. The number of hydrogen-bond donors (Lipinski definition) is 0. The van der Waals surface area contributed by atoms with E-state index in [-0.39, 0.29) is 18.1 Å². The van der Waals surface area contributed by atoms with Gasteiger partial charge in [-0.05, 0) is 19.1 Å². The van der Waals surface area contributed by atoms with Crippen molar-refractivity contribution in [1.29, 1.82) is 0 Å². The van der Waals surface area contributed by atoms with Crippen molar-refractivity contribution in [1.82, 2.24) is 19.9 Å². The molecular weight excluding hydrogens is 272 g/mol. The maximum atomic E-state index is 12.3. The number of amides is 1. The molecule has 110 valence electrons. The Hall–Kier alpha value is -2.70. The van der Waals surface area contributed by atoms with Gasteiger partial charge < -0.3 is 9.64 Å². The maximum absolute atomic E-state index is 12.3. The molecule has 2 rings (SSSR count). The predicted octanol–water partition coefficient (Wildman–Crippen LogP) is 0.902. The third kappa shape index (κ3) is 3.44. The molecule has 1 amide bonds. The van der Waals surface area contributed by atoms with Gasteiger partial charge in [-0.25, -0.2) is 0 Å². The van der Waals surface area contributed by atoms with Crippen molar-refractivity contribution in [3.63, 3.8) is 0 Å². The van der Waals surface area contributed by atoms with Gasteiger partial charge in [0, 0.05) is 6.54 Å². The quantitative estimate of drug-likeness (QED) is 0.764. The zero-order valence-corrected chi connectivity index (χ0v) is 11.9. The number of aromatic nitrogens is 3. The number of esters is 1. The summed E-state index contributed by atoms with van der Waals surface area (Å²) in [5, 5.41) is 8.21. The van der Waals surface area contributed by atoms with E-state index in [1.165, 1.54) is 23.0 Å². The Morgan fingerprint density at radius 2 is 2.00 bits per heavy atom. The third-order valence-electron chi connectivity index (χ3n) is 2.91. The van der Waals surface area contributed by atoms with Gasteiger partial charge in [-0.2, -0.15) is 9.90 Å². The van der Waals surface area contributed by atoms with Crippen molar-refractivity contribution >= 4 is 11.9 Å². The summed E-state index contributed by atoms with van der Waals surface area (Å²) in [7, 11) is 1.28. The third-order valence-corrected chi connectivity index (χ3v) is 2.91. The highest BCUT2D eigenvalue weighted by Gasteiger charge is 2.20. The van der Waals surface area contributed by atoms with Gasteiger partial charge in [0.05, 0.1) is 19.0 Å². The molecule has 0 aliphatic rings. The van der Waals surface area contributed by atoms with Gasteiger partial charge in [-0.15, -0.1) is 5.10 Å². The summed E-state index contributed by atoms with van der Waals surface area (Å²) in [4.78, 5) is 26.3. The van der Waals surface area contributed by atoms with Crippen LogP contribution in [0.3, 0.4) is 0 Å². The van der Waals surface area contributed by atoms with E-state index in [0.29, 0.717) is 6.54 Å². The predicted molar refractivity (Wildman–Crippen MR) is 75.0 cm³/mol. The van der Waals surface area contributed by atoms with Crippen molar-refractivity contribution in [3.8, 4) is 5.69 Å². The van der Waals surface area contributed by atoms with Gasteiger partial charge in [0.1, 0.15) is 6.54 Å². The van der Waals surface area contributed by atoms with Crippen LogP contribution in [0.1, 0.15) is 17.4 Å². The first-order valence-corrected chi connectivity index (χ1v) is 6.49. The molecule has 0 N–H and O–H groups in total. The number of rotatable bonds is 5. The number of carbonyl (C=O) groups is 2. The minimum Gasteiger partial charge on any atom is -0.468 e. The maximum Gasteiger partial charge on any atom is 0.325 e. The lowest BCUT2D eigenvalue weighted by atomic mass is 10.3. The number of likely N-dealkylation sites (N-methyl/N-ethyl adjacent to an activating group) is 1. The molecule has 1 aromatic heterocycles. The lowest BCUT2D eigenvalue weighted by Gasteiger charge is -2.17. The fourth-order valence-corrected chi connectivity index (χ4v) is 1.76. The second-order valence-electron chi connectivity index (χ2n) is 4.25. The fraction of sp³-hybridized carbons (Fsp3) is 0.286. The van der Waals surface area contributed by atoms with E-state index < -0.39 is 5.97 Å². The van der Waals surface area contributed by atoms with Gasteiger partial charge in [-0.3, -0.25) is 9.59 Å². The highest BCUT2D eigenvalue weighted by Crippen LogP contribution is 2.06. The number of ether oxygens (including phenoxy) is 1. The van der Waals surface area contributed by atoms with Crippen molar-refractivity contribution in [2.24, 2.45) is 0 Å². The number of benzene rings is 1. The van der Waals surface area contributed by atoms with E-state index >= 15 is 0 Å². The highest BCUT2D eigenvalue weighted by molar-refractivity contribution is 5.93.